The fourth-order valence-corrected chi connectivity index (χ4v) is 7.27. The molecule has 0 aliphatic carbocycles. The summed E-state index contributed by atoms with van der Waals surface area (Å²) in [6, 6.07) is 57.3. The van der Waals surface area contributed by atoms with Gasteiger partial charge in [0.15, 0.2) is 5.82 Å². The molecule has 0 N–H and O–H groups in total. The van der Waals surface area contributed by atoms with Crippen molar-refractivity contribution in [3.8, 4) is 45.3 Å². The SMILES string of the molecule is c1ccc(-n2ccc3ccc4c5cc(-c6nc(-c7ccc(-c8ccccn8)cc7)c7ccccc7n6)ccc5n(-c5ccccc5)c4c32)cc1. The van der Waals surface area contributed by atoms with Gasteiger partial charge < -0.3 is 9.13 Å². The number of para-hydroxylation sites is 3. The first-order valence-electron chi connectivity index (χ1n) is 16.8. The molecule has 0 saturated heterocycles. The van der Waals surface area contributed by atoms with E-state index >= 15 is 0 Å². The summed E-state index contributed by atoms with van der Waals surface area (Å²) < 4.78 is 4.70. The second-order valence-electron chi connectivity index (χ2n) is 12.5. The lowest BCUT2D eigenvalue weighted by molar-refractivity contribution is 1.12. The molecule has 0 radical (unpaired) electrons. The zero-order valence-corrected chi connectivity index (χ0v) is 27.0. The Hall–Kier alpha value is -6.85. The van der Waals surface area contributed by atoms with Crippen LogP contribution in [-0.2, 0) is 0 Å². The molecule has 10 rings (SSSR count). The van der Waals surface area contributed by atoms with E-state index in [2.05, 4.69) is 154 Å². The van der Waals surface area contributed by atoms with E-state index in [1.54, 1.807) is 0 Å². The number of nitrogens with zero attached hydrogens (tertiary/aromatic N) is 5. The maximum atomic E-state index is 5.25. The molecular weight excluding hydrogens is 611 g/mol. The highest BCUT2D eigenvalue weighted by molar-refractivity contribution is 6.18. The van der Waals surface area contributed by atoms with Crippen LogP contribution >= 0.6 is 0 Å². The molecule has 5 nitrogen and oxygen atoms in total. The van der Waals surface area contributed by atoms with Crippen LogP contribution in [0.25, 0.3) is 88.9 Å². The van der Waals surface area contributed by atoms with Crippen molar-refractivity contribution in [3.63, 3.8) is 0 Å². The molecule has 0 spiro atoms. The summed E-state index contributed by atoms with van der Waals surface area (Å²) in [6.45, 7) is 0. The largest absolute Gasteiger partial charge is 0.315 e. The van der Waals surface area contributed by atoms with Crippen LogP contribution in [-0.4, -0.2) is 24.1 Å². The Morgan fingerprint density at radius 2 is 1.18 bits per heavy atom. The number of aromatic nitrogens is 5. The van der Waals surface area contributed by atoms with E-state index in [-0.39, 0.29) is 0 Å². The minimum Gasteiger partial charge on any atom is -0.315 e. The first-order valence-corrected chi connectivity index (χ1v) is 16.8. The van der Waals surface area contributed by atoms with Gasteiger partial charge in [0.05, 0.1) is 33.5 Å². The lowest BCUT2D eigenvalue weighted by Gasteiger charge is -2.12. The van der Waals surface area contributed by atoms with Gasteiger partial charge >= 0.3 is 0 Å². The van der Waals surface area contributed by atoms with Crippen LogP contribution in [0.3, 0.4) is 0 Å². The highest BCUT2D eigenvalue weighted by atomic mass is 15.0. The molecule has 0 fully saturated rings. The van der Waals surface area contributed by atoms with E-state index in [0.29, 0.717) is 5.82 Å². The van der Waals surface area contributed by atoms with Crippen molar-refractivity contribution in [2.24, 2.45) is 0 Å². The normalized spacial score (nSPS) is 11.6. The summed E-state index contributed by atoms with van der Waals surface area (Å²) in [5, 5.41) is 4.55. The Bertz CT molecular complexity index is 2840. The third-order valence-electron chi connectivity index (χ3n) is 9.61. The molecule has 10 aromatic rings. The minimum absolute atomic E-state index is 0.698. The summed E-state index contributed by atoms with van der Waals surface area (Å²) in [6.07, 6.45) is 4.00. The fourth-order valence-electron chi connectivity index (χ4n) is 7.27. The molecule has 0 aliphatic heterocycles. The van der Waals surface area contributed by atoms with Crippen molar-refractivity contribution in [1.82, 2.24) is 24.1 Å². The van der Waals surface area contributed by atoms with Gasteiger partial charge in [0, 0.05) is 62.0 Å². The molecule has 0 saturated carbocycles. The van der Waals surface area contributed by atoms with E-state index in [1.165, 1.54) is 21.8 Å². The monoisotopic (exact) mass is 639 g/mol. The van der Waals surface area contributed by atoms with Gasteiger partial charge in [-0.15, -0.1) is 0 Å². The molecule has 0 bridgehead atoms. The van der Waals surface area contributed by atoms with Crippen LogP contribution in [0, 0.1) is 0 Å². The second kappa shape index (κ2) is 11.4. The van der Waals surface area contributed by atoms with Gasteiger partial charge in [-0.3, -0.25) is 4.98 Å². The van der Waals surface area contributed by atoms with E-state index < -0.39 is 0 Å². The number of fused-ring (bicyclic) bond motifs is 6. The predicted octanol–water partition coefficient (Wildman–Crippen LogP) is 11.1. The van der Waals surface area contributed by atoms with Crippen molar-refractivity contribution < 1.29 is 0 Å². The number of hydrogen-bond acceptors (Lipinski definition) is 3. The average Bonchev–Trinajstić information content (AvgIpc) is 3.78. The second-order valence-corrected chi connectivity index (χ2v) is 12.5. The molecule has 4 heterocycles. The smallest absolute Gasteiger partial charge is 0.160 e. The van der Waals surface area contributed by atoms with Crippen molar-refractivity contribution in [3.05, 3.63) is 176 Å². The topological polar surface area (TPSA) is 48.5 Å². The van der Waals surface area contributed by atoms with Crippen molar-refractivity contribution in [2.75, 3.05) is 0 Å². The van der Waals surface area contributed by atoms with Crippen LogP contribution in [0.2, 0.25) is 0 Å². The highest BCUT2D eigenvalue weighted by Gasteiger charge is 2.20. The van der Waals surface area contributed by atoms with Crippen molar-refractivity contribution in [1.29, 1.82) is 0 Å². The Kier molecular flexibility index (Phi) is 6.42. The highest BCUT2D eigenvalue weighted by Crippen LogP contribution is 2.40. The predicted molar refractivity (Wildman–Crippen MR) is 205 cm³/mol. The quantitative estimate of drug-likeness (QED) is 0.188. The molecular formula is C45H29N5. The Morgan fingerprint density at radius 1 is 0.460 bits per heavy atom. The van der Waals surface area contributed by atoms with E-state index in [4.69, 9.17) is 9.97 Å². The Morgan fingerprint density at radius 3 is 1.98 bits per heavy atom. The molecule has 50 heavy (non-hydrogen) atoms. The van der Waals surface area contributed by atoms with E-state index in [0.717, 1.165) is 61.3 Å². The van der Waals surface area contributed by atoms with Crippen LogP contribution in [0.4, 0.5) is 0 Å². The van der Waals surface area contributed by atoms with E-state index in [9.17, 15) is 0 Å². The van der Waals surface area contributed by atoms with Crippen LogP contribution in [0.1, 0.15) is 0 Å². The van der Waals surface area contributed by atoms with Gasteiger partial charge in [-0.05, 0) is 66.7 Å². The van der Waals surface area contributed by atoms with Crippen molar-refractivity contribution in [2.45, 2.75) is 0 Å². The summed E-state index contributed by atoms with van der Waals surface area (Å²) in [7, 11) is 0. The first kappa shape index (κ1) is 28.2. The molecule has 5 heteroatoms. The summed E-state index contributed by atoms with van der Waals surface area (Å²) in [5.41, 5.74) is 11.6. The van der Waals surface area contributed by atoms with Crippen molar-refractivity contribution >= 4 is 43.6 Å². The number of hydrogen-bond donors (Lipinski definition) is 0. The Balaban J connectivity index is 1.19. The van der Waals surface area contributed by atoms with Crippen LogP contribution < -0.4 is 0 Å². The van der Waals surface area contributed by atoms with E-state index in [1.807, 2.05) is 36.5 Å². The molecule has 234 valence electrons. The molecule has 4 aromatic heterocycles. The Labute approximate surface area is 288 Å². The van der Waals surface area contributed by atoms with Gasteiger partial charge in [-0.2, -0.15) is 0 Å². The molecule has 6 aromatic carbocycles. The molecule has 0 atom stereocenters. The molecule has 0 unspecified atom stereocenters. The first-order chi connectivity index (χ1) is 24.8. The third kappa shape index (κ3) is 4.52. The summed E-state index contributed by atoms with van der Waals surface area (Å²) in [4.78, 5) is 14.9. The minimum atomic E-state index is 0.698. The zero-order valence-electron chi connectivity index (χ0n) is 27.0. The van der Waals surface area contributed by atoms with Gasteiger partial charge in [-0.25, -0.2) is 9.97 Å². The van der Waals surface area contributed by atoms with Crippen LogP contribution in [0.15, 0.2) is 176 Å². The fraction of sp³-hybridized carbons (Fsp3) is 0. The zero-order chi connectivity index (χ0) is 33.0. The maximum Gasteiger partial charge on any atom is 0.160 e. The van der Waals surface area contributed by atoms with Gasteiger partial charge in [0.1, 0.15) is 0 Å². The summed E-state index contributed by atoms with van der Waals surface area (Å²) >= 11 is 0. The maximum absolute atomic E-state index is 5.25. The third-order valence-corrected chi connectivity index (χ3v) is 9.61. The molecule has 0 amide bonds. The number of rotatable bonds is 5. The standard InChI is InChI=1S/C45H29N5/c1-3-11-34(12-4-1)49-28-26-32-22-24-36-38-29-33(23-25-41(38)50(44(36)43(32)49)35-13-5-2-6-14-35)45-47-40-17-8-7-15-37(40)42(48-45)31-20-18-30(19-21-31)39-16-9-10-27-46-39/h1-29H. The lowest BCUT2D eigenvalue weighted by Crippen LogP contribution is -1.98. The summed E-state index contributed by atoms with van der Waals surface area (Å²) in [5.74, 6) is 0.698. The van der Waals surface area contributed by atoms with Gasteiger partial charge in [0.2, 0.25) is 0 Å². The lowest BCUT2D eigenvalue weighted by atomic mass is 10.0. The van der Waals surface area contributed by atoms with Gasteiger partial charge in [0.25, 0.3) is 0 Å². The number of benzene rings is 6. The average molecular weight is 640 g/mol. The van der Waals surface area contributed by atoms with Gasteiger partial charge in [-0.1, -0.05) is 97.1 Å². The van der Waals surface area contributed by atoms with Crippen LogP contribution in [0.5, 0.6) is 0 Å². The molecule has 0 aliphatic rings. The number of pyridine rings is 1.